The van der Waals surface area contributed by atoms with Crippen LogP contribution in [0.15, 0.2) is 22.7 Å². The van der Waals surface area contributed by atoms with Crippen molar-refractivity contribution in [3.63, 3.8) is 0 Å². The van der Waals surface area contributed by atoms with E-state index in [0.29, 0.717) is 35.9 Å². The number of amides is 1. The van der Waals surface area contributed by atoms with Gasteiger partial charge in [-0.3, -0.25) is 4.79 Å². The van der Waals surface area contributed by atoms with Crippen LogP contribution in [0.1, 0.15) is 12.3 Å². The molecule has 2 atom stereocenters. The lowest BCUT2D eigenvalue weighted by Gasteiger charge is -2.32. The van der Waals surface area contributed by atoms with Crippen LogP contribution in [0.25, 0.3) is 11.4 Å². The predicted octanol–water partition coefficient (Wildman–Crippen LogP) is 0.683. The van der Waals surface area contributed by atoms with Crippen molar-refractivity contribution in [3.8, 4) is 22.9 Å². The fourth-order valence-corrected chi connectivity index (χ4v) is 3.07. The van der Waals surface area contributed by atoms with Gasteiger partial charge in [0.15, 0.2) is 11.5 Å². The second kappa shape index (κ2) is 8.36. The molecule has 3 rings (SSSR count). The zero-order chi connectivity index (χ0) is 19.4. The fraction of sp³-hybridized carbons (Fsp3) is 0.500. The first-order valence-electron chi connectivity index (χ1n) is 8.71. The van der Waals surface area contributed by atoms with Crippen molar-refractivity contribution in [2.24, 2.45) is 5.92 Å². The van der Waals surface area contributed by atoms with Crippen molar-refractivity contribution in [2.75, 3.05) is 34.4 Å². The number of carbonyl (C=O) groups is 1. The number of nitrogens with one attached hydrogen (secondary N) is 1. The van der Waals surface area contributed by atoms with Crippen LogP contribution in [0.5, 0.6) is 11.5 Å². The van der Waals surface area contributed by atoms with Gasteiger partial charge in [0, 0.05) is 18.7 Å². The number of piperidine rings is 1. The quantitative estimate of drug-likeness (QED) is 0.757. The van der Waals surface area contributed by atoms with Crippen LogP contribution in [-0.2, 0) is 11.3 Å². The number of likely N-dealkylation sites (tertiary alicyclic amines) is 1. The molecule has 1 amide bonds. The van der Waals surface area contributed by atoms with Crippen LogP contribution in [0.4, 0.5) is 0 Å². The number of aliphatic hydroxyl groups excluding tert-OH is 1. The van der Waals surface area contributed by atoms with Gasteiger partial charge in [-0.15, -0.1) is 0 Å². The molecule has 1 aliphatic rings. The molecule has 0 radical (unpaired) electrons. The van der Waals surface area contributed by atoms with Gasteiger partial charge in [0.2, 0.25) is 17.6 Å². The normalized spacial score (nSPS) is 20.3. The summed E-state index contributed by atoms with van der Waals surface area (Å²) in [5.74, 6) is 1.15. The summed E-state index contributed by atoms with van der Waals surface area (Å²) in [4.78, 5) is 18.7. The number of carbonyl (C=O) groups excluding carboxylic acids is 1. The number of hydrogen-bond acceptors (Lipinski definition) is 8. The molecule has 27 heavy (non-hydrogen) atoms. The average Bonchev–Trinajstić information content (AvgIpc) is 3.16. The number of ether oxygens (including phenoxy) is 2. The minimum Gasteiger partial charge on any atom is -0.493 e. The monoisotopic (exact) mass is 376 g/mol. The maximum atomic E-state index is 12.3. The molecule has 9 heteroatoms. The smallest absolute Gasteiger partial charge is 0.246 e. The van der Waals surface area contributed by atoms with Gasteiger partial charge in [-0.25, -0.2) is 0 Å². The first-order valence-corrected chi connectivity index (χ1v) is 8.71. The zero-order valence-electron chi connectivity index (χ0n) is 15.6. The number of methoxy groups -OCH3 is 2. The van der Waals surface area contributed by atoms with Crippen LogP contribution < -0.4 is 14.8 Å². The highest BCUT2D eigenvalue weighted by atomic mass is 16.5. The predicted molar refractivity (Wildman–Crippen MR) is 96.3 cm³/mol. The number of aliphatic hydroxyl groups is 1. The summed E-state index contributed by atoms with van der Waals surface area (Å²) in [6.07, 6.45) is -0.0512. The molecule has 0 saturated carbocycles. The molecule has 2 N–H and O–H groups in total. The van der Waals surface area contributed by atoms with E-state index in [-0.39, 0.29) is 18.3 Å². The fourth-order valence-electron chi connectivity index (χ4n) is 3.07. The Balaban J connectivity index is 1.63. The molecular formula is C18H24N4O5. The summed E-state index contributed by atoms with van der Waals surface area (Å²) in [7, 11) is 5.04. The van der Waals surface area contributed by atoms with Crippen LogP contribution in [-0.4, -0.2) is 66.5 Å². The number of rotatable bonds is 6. The van der Waals surface area contributed by atoms with E-state index in [0.717, 1.165) is 6.54 Å². The lowest BCUT2D eigenvalue weighted by molar-refractivity contribution is -0.131. The lowest BCUT2D eigenvalue weighted by Crippen LogP contribution is -2.48. The van der Waals surface area contributed by atoms with Gasteiger partial charge in [0.25, 0.3) is 0 Å². The number of benzene rings is 1. The summed E-state index contributed by atoms with van der Waals surface area (Å²) in [5, 5.41) is 16.7. The second-order valence-electron chi connectivity index (χ2n) is 6.52. The largest absolute Gasteiger partial charge is 0.493 e. The van der Waals surface area contributed by atoms with Gasteiger partial charge >= 0.3 is 0 Å². The summed E-state index contributed by atoms with van der Waals surface area (Å²) >= 11 is 0. The van der Waals surface area contributed by atoms with Gasteiger partial charge in [0.05, 0.1) is 32.8 Å². The molecule has 0 spiro atoms. The highest BCUT2D eigenvalue weighted by molar-refractivity contribution is 5.79. The van der Waals surface area contributed by atoms with E-state index in [4.69, 9.17) is 14.0 Å². The maximum Gasteiger partial charge on any atom is 0.246 e. The Labute approximate surface area is 157 Å². The van der Waals surface area contributed by atoms with E-state index < -0.39 is 12.0 Å². The summed E-state index contributed by atoms with van der Waals surface area (Å²) in [6.45, 7) is 1.41. The molecule has 146 valence electrons. The molecule has 2 heterocycles. The van der Waals surface area contributed by atoms with Gasteiger partial charge in [0.1, 0.15) is 0 Å². The Bertz CT molecular complexity index is 794. The highest BCUT2D eigenvalue weighted by Crippen LogP contribution is 2.31. The first-order chi connectivity index (χ1) is 13.0. The van der Waals surface area contributed by atoms with Crippen LogP contribution in [0.3, 0.4) is 0 Å². The molecule has 1 aliphatic heterocycles. The first kappa shape index (κ1) is 19.1. The molecular weight excluding hydrogens is 352 g/mol. The molecule has 1 saturated heterocycles. The van der Waals surface area contributed by atoms with Crippen LogP contribution in [0, 0.1) is 5.92 Å². The molecule has 1 fully saturated rings. The van der Waals surface area contributed by atoms with Gasteiger partial charge < -0.3 is 29.3 Å². The Hall–Kier alpha value is -2.65. The molecule has 0 unspecified atom stereocenters. The summed E-state index contributed by atoms with van der Waals surface area (Å²) < 4.78 is 15.7. The third-order valence-corrected chi connectivity index (χ3v) is 4.64. The minimum atomic E-state index is -0.633. The van der Waals surface area contributed by atoms with Gasteiger partial charge in [-0.05, 0) is 31.7 Å². The third-order valence-electron chi connectivity index (χ3n) is 4.64. The summed E-state index contributed by atoms with van der Waals surface area (Å²) in [5.41, 5.74) is 0.707. The van der Waals surface area contributed by atoms with E-state index in [9.17, 15) is 9.90 Å². The highest BCUT2D eigenvalue weighted by Gasteiger charge is 2.31. The zero-order valence-corrected chi connectivity index (χ0v) is 15.6. The number of nitrogens with zero attached hydrogens (tertiary/aromatic N) is 3. The van der Waals surface area contributed by atoms with Crippen molar-refractivity contribution in [1.29, 1.82) is 0 Å². The van der Waals surface area contributed by atoms with Crippen molar-refractivity contribution < 1.29 is 23.9 Å². The maximum absolute atomic E-state index is 12.3. The Morgan fingerprint density at radius 1 is 1.37 bits per heavy atom. The van der Waals surface area contributed by atoms with Gasteiger partial charge in [-0.1, -0.05) is 5.16 Å². The molecule has 2 aromatic rings. The number of hydrogen-bond donors (Lipinski definition) is 2. The summed E-state index contributed by atoms with van der Waals surface area (Å²) in [6, 6.07) is 5.30. The molecule has 1 aromatic heterocycles. The third kappa shape index (κ3) is 4.37. The van der Waals surface area contributed by atoms with E-state index in [1.165, 1.54) is 0 Å². The van der Waals surface area contributed by atoms with Gasteiger partial charge in [-0.2, -0.15) is 4.98 Å². The van der Waals surface area contributed by atoms with Crippen molar-refractivity contribution in [1.82, 2.24) is 20.4 Å². The Morgan fingerprint density at radius 3 is 2.89 bits per heavy atom. The average molecular weight is 376 g/mol. The van der Waals surface area contributed by atoms with E-state index in [1.807, 2.05) is 11.9 Å². The minimum absolute atomic E-state index is 0.103. The lowest BCUT2D eigenvalue weighted by atomic mass is 9.94. The topological polar surface area (TPSA) is 110 Å². The van der Waals surface area contributed by atoms with E-state index in [1.54, 1.807) is 32.4 Å². The van der Waals surface area contributed by atoms with Crippen LogP contribution >= 0.6 is 0 Å². The molecule has 0 bridgehead atoms. The van der Waals surface area contributed by atoms with E-state index >= 15 is 0 Å². The molecule has 9 nitrogen and oxygen atoms in total. The SMILES string of the molecule is COc1ccc(-c2noc(CNC(=O)[C@@H]3CN(C)CC[C@H]3O)n2)cc1OC. The van der Waals surface area contributed by atoms with Crippen molar-refractivity contribution in [3.05, 3.63) is 24.1 Å². The Kier molecular flexibility index (Phi) is 5.92. The Morgan fingerprint density at radius 2 is 2.15 bits per heavy atom. The molecule has 1 aromatic carbocycles. The standard InChI is InChI=1S/C18H24N4O5/c1-22-7-6-13(23)12(10-22)18(24)19-9-16-20-17(21-27-16)11-4-5-14(25-2)15(8-11)26-3/h4-5,8,12-13,23H,6-7,9-10H2,1-3H3,(H,19,24)/t12-,13-/m1/s1. The molecule has 0 aliphatic carbocycles. The number of aromatic nitrogens is 2. The van der Waals surface area contributed by atoms with Crippen LogP contribution in [0.2, 0.25) is 0 Å². The van der Waals surface area contributed by atoms with Crippen molar-refractivity contribution >= 4 is 5.91 Å². The van der Waals surface area contributed by atoms with Crippen molar-refractivity contribution in [2.45, 2.75) is 19.1 Å². The van der Waals surface area contributed by atoms with E-state index in [2.05, 4.69) is 15.5 Å². The second-order valence-corrected chi connectivity index (χ2v) is 6.52.